The van der Waals surface area contributed by atoms with Crippen molar-refractivity contribution in [3.63, 3.8) is 0 Å². The van der Waals surface area contributed by atoms with Gasteiger partial charge in [0, 0.05) is 12.0 Å². The fourth-order valence-corrected chi connectivity index (χ4v) is 2.72. The number of rotatable bonds is 3. The fourth-order valence-electron chi connectivity index (χ4n) is 2.72. The number of hydrogen-bond acceptors (Lipinski definition) is 4. The maximum Gasteiger partial charge on any atom is 0.335 e. The SMILES string of the molecule is CC(C)(C)OC(=O)C1CC(C)(c2ccc(C(=O)O)cc2)CN1. The predicted molar refractivity (Wildman–Crippen MR) is 83.0 cm³/mol. The molecule has 120 valence electrons. The van der Waals surface area contributed by atoms with Crippen LogP contribution in [0.5, 0.6) is 0 Å². The molecule has 1 aliphatic heterocycles. The summed E-state index contributed by atoms with van der Waals surface area (Å²) in [5.41, 5.74) is 0.581. The van der Waals surface area contributed by atoms with Crippen LogP contribution in [0.2, 0.25) is 0 Å². The predicted octanol–water partition coefficient (Wildman–Crippen LogP) is 2.35. The van der Waals surface area contributed by atoms with Crippen molar-refractivity contribution in [2.75, 3.05) is 6.54 Å². The number of hydrogen-bond donors (Lipinski definition) is 2. The Kier molecular flexibility index (Phi) is 4.29. The molecule has 1 aromatic rings. The molecule has 1 aromatic carbocycles. The largest absolute Gasteiger partial charge is 0.478 e. The van der Waals surface area contributed by atoms with Crippen molar-refractivity contribution in [3.05, 3.63) is 35.4 Å². The topological polar surface area (TPSA) is 75.6 Å². The monoisotopic (exact) mass is 305 g/mol. The first-order valence-electron chi connectivity index (χ1n) is 7.41. The molecule has 0 bridgehead atoms. The molecule has 0 radical (unpaired) electrons. The van der Waals surface area contributed by atoms with Crippen molar-refractivity contribution in [1.82, 2.24) is 5.32 Å². The van der Waals surface area contributed by atoms with Gasteiger partial charge in [-0.1, -0.05) is 19.1 Å². The number of aromatic carboxylic acids is 1. The first kappa shape index (κ1) is 16.5. The molecule has 2 N–H and O–H groups in total. The van der Waals surface area contributed by atoms with Gasteiger partial charge in [-0.3, -0.25) is 4.79 Å². The summed E-state index contributed by atoms with van der Waals surface area (Å²) in [6.45, 7) is 8.28. The third-order valence-electron chi connectivity index (χ3n) is 3.91. The van der Waals surface area contributed by atoms with Crippen LogP contribution in [-0.2, 0) is 14.9 Å². The molecule has 0 aliphatic carbocycles. The highest BCUT2D eigenvalue weighted by Crippen LogP contribution is 2.33. The second kappa shape index (κ2) is 5.72. The number of carboxylic acid groups (broad SMARTS) is 1. The zero-order chi connectivity index (χ0) is 16.5. The van der Waals surface area contributed by atoms with E-state index in [0.717, 1.165) is 5.56 Å². The average Bonchev–Trinajstić information content (AvgIpc) is 2.81. The zero-order valence-electron chi connectivity index (χ0n) is 13.5. The summed E-state index contributed by atoms with van der Waals surface area (Å²) in [7, 11) is 0. The Bertz CT molecular complexity index is 573. The number of carbonyl (C=O) groups is 2. The molecule has 5 nitrogen and oxygen atoms in total. The summed E-state index contributed by atoms with van der Waals surface area (Å²) in [6, 6.07) is 6.52. The molecule has 0 spiro atoms. The van der Waals surface area contributed by atoms with E-state index in [2.05, 4.69) is 12.2 Å². The van der Waals surface area contributed by atoms with Crippen molar-refractivity contribution in [3.8, 4) is 0 Å². The lowest BCUT2D eigenvalue weighted by Crippen LogP contribution is -2.37. The van der Waals surface area contributed by atoms with Crippen LogP contribution >= 0.6 is 0 Å². The molecule has 1 saturated heterocycles. The van der Waals surface area contributed by atoms with E-state index in [9.17, 15) is 9.59 Å². The van der Waals surface area contributed by atoms with Crippen LogP contribution in [0.25, 0.3) is 0 Å². The minimum Gasteiger partial charge on any atom is -0.478 e. The molecule has 0 saturated carbocycles. The van der Waals surface area contributed by atoms with Gasteiger partial charge in [-0.25, -0.2) is 4.79 Å². The van der Waals surface area contributed by atoms with Crippen molar-refractivity contribution < 1.29 is 19.4 Å². The molecule has 2 rings (SSSR count). The van der Waals surface area contributed by atoms with Crippen LogP contribution in [0.15, 0.2) is 24.3 Å². The standard InChI is InChI=1S/C17H23NO4/c1-16(2,3)22-15(21)13-9-17(4,10-18-13)12-7-5-11(6-8-12)14(19)20/h5-8,13,18H,9-10H2,1-4H3,(H,19,20). The first-order chi connectivity index (χ1) is 10.1. The Morgan fingerprint density at radius 1 is 1.27 bits per heavy atom. The summed E-state index contributed by atoms with van der Waals surface area (Å²) in [5, 5.41) is 12.2. The van der Waals surface area contributed by atoms with Crippen LogP contribution < -0.4 is 5.32 Å². The van der Waals surface area contributed by atoms with E-state index in [1.807, 2.05) is 32.9 Å². The number of benzene rings is 1. The van der Waals surface area contributed by atoms with Crippen molar-refractivity contribution >= 4 is 11.9 Å². The van der Waals surface area contributed by atoms with Gasteiger partial charge >= 0.3 is 11.9 Å². The van der Waals surface area contributed by atoms with E-state index in [-0.39, 0.29) is 23.0 Å². The molecule has 1 aliphatic rings. The van der Waals surface area contributed by atoms with Gasteiger partial charge in [-0.05, 0) is 44.9 Å². The first-order valence-corrected chi connectivity index (χ1v) is 7.41. The molecule has 0 aromatic heterocycles. The molecule has 22 heavy (non-hydrogen) atoms. The second-order valence-corrected chi connectivity index (χ2v) is 7.11. The second-order valence-electron chi connectivity index (χ2n) is 7.11. The van der Waals surface area contributed by atoms with E-state index in [0.29, 0.717) is 13.0 Å². The van der Waals surface area contributed by atoms with Crippen LogP contribution in [-0.4, -0.2) is 35.2 Å². The van der Waals surface area contributed by atoms with Gasteiger partial charge in [-0.2, -0.15) is 0 Å². The van der Waals surface area contributed by atoms with Gasteiger partial charge < -0.3 is 15.2 Å². The van der Waals surface area contributed by atoms with E-state index in [4.69, 9.17) is 9.84 Å². The summed E-state index contributed by atoms with van der Waals surface area (Å²) >= 11 is 0. The van der Waals surface area contributed by atoms with Crippen LogP contribution in [0.3, 0.4) is 0 Å². The molecule has 1 fully saturated rings. The maximum absolute atomic E-state index is 12.2. The van der Waals surface area contributed by atoms with E-state index in [1.54, 1.807) is 12.1 Å². The van der Waals surface area contributed by atoms with Crippen LogP contribution in [0.1, 0.15) is 50.0 Å². The minimum absolute atomic E-state index is 0.210. The zero-order valence-corrected chi connectivity index (χ0v) is 13.5. The number of carbonyl (C=O) groups excluding carboxylic acids is 1. The van der Waals surface area contributed by atoms with E-state index >= 15 is 0 Å². The van der Waals surface area contributed by atoms with Gasteiger partial charge in [0.15, 0.2) is 0 Å². The number of nitrogens with one attached hydrogen (secondary N) is 1. The molecular formula is C17H23NO4. The lowest BCUT2D eigenvalue weighted by molar-refractivity contribution is -0.157. The van der Waals surface area contributed by atoms with Crippen LogP contribution in [0, 0.1) is 0 Å². The summed E-state index contributed by atoms with van der Waals surface area (Å²) < 4.78 is 5.42. The molecule has 0 amide bonds. The normalized spacial score (nSPS) is 25.0. The Balaban J connectivity index is 2.10. The Morgan fingerprint density at radius 2 is 1.86 bits per heavy atom. The van der Waals surface area contributed by atoms with Gasteiger partial charge in [0.05, 0.1) is 5.56 Å². The van der Waals surface area contributed by atoms with Gasteiger partial charge in [-0.15, -0.1) is 0 Å². The Labute approximate surface area is 130 Å². The Hall–Kier alpha value is -1.88. The smallest absolute Gasteiger partial charge is 0.335 e. The summed E-state index contributed by atoms with van der Waals surface area (Å²) in [4.78, 5) is 23.1. The van der Waals surface area contributed by atoms with Crippen LogP contribution in [0.4, 0.5) is 0 Å². The number of ether oxygens (including phenoxy) is 1. The highest BCUT2D eigenvalue weighted by molar-refractivity contribution is 5.87. The number of esters is 1. The van der Waals surface area contributed by atoms with Crippen molar-refractivity contribution in [1.29, 1.82) is 0 Å². The Morgan fingerprint density at radius 3 is 2.36 bits per heavy atom. The molecule has 1 heterocycles. The minimum atomic E-state index is -0.937. The van der Waals surface area contributed by atoms with Gasteiger partial charge in [0.1, 0.15) is 11.6 Å². The average molecular weight is 305 g/mol. The quantitative estimate of drug-likeness (QED) is 0.838. The van der Waals surface area contributed by atoms with Gasteiger partial charge in [0.2, 0.25) is 0 Å². The number of carboxylic acids is 1. The lowest BCUT2D eigenvalue weighted by atomic mass is 9.80. The molecule has 2 unspecified atom stereocenters. The van der Waals surface area contributed by atoms with E-state index < -0.39 is 11.6 Å². The molecule has 2 atom stereocenters. The third kappa shape index (κ3) is 3.65. The van der Waals surface area contributed by atoms with Crippen molar-refractivity contribution in [2.45, 2.75) is 51.2 Å². The maximum atomic E-state index is 12.2. The van der Waals surface area contributed by atoms with E-state index in [1.165, 1.54) is 0 Å². The highest BCUT2D eigenvalue weighted by atomic mass is 16.6. The third-order valence-corrected chi connectivity index (χ3v) is 3.91. The van der Waals surface area contributed by atoms with Crippen molar-refractivity contribution in [2.24, 2.45) is 0 Å². The highest BCUT2D eigenvalue weighted by Gasteiger charge is 2.41. The summed E-state index contributed by atoms with van der Waals surface area (Å²) in [6.07, 6.45) is 0.633. The molecule has 5 heteroatoms. The lowest BCUT2D eigenvalue weighted by Gasteiger charge is -2.25. The summed E-state index contributed by atoms with van der Waals surface area (Å²) in [5.74, 6) is -1.17. The molecular weight excluding hydrogens is 282 g/mol. The van der Waals surface area contributed by atoms with Gasteiger partial charge in [0.25, 0.3) is 0 Å². The fraction of sp³-hybridized carbons (Fsp3) is 0.529.